The van der Waals surface area contributed by atoms with E-state index in [4.69, 9.17) is 5.73 Å². The van der Waals surface area contributed by atoms with Crippen molar-refractivity contribution in [3.63, 3.8) is 0 Å². The molecule has 2 heterocycles. The molecule has 3 N–H and O–H groups in total. The maximum absolute atomic E-state index is 11.3. The van der Waals surface area contributed by atoms with E-state index in [1.54, 1.807) is 10.9 Å². The quantitative estimate of drug-likeness (QED) is 0.794. The molecule has 82 valence electrons. The number of aromatic nitrogens is 2. The standard InChI is InChI=1S/C9H13BrN4O/c1-14-8(7(10)4-13-14)5-2-12-3-6(5)9(11)15/h4-6,12H,2-3H2,1H3,(H2,11,15). The number of nitrogens with zero attached hydrogens (tertiary/aromatic N) is 2. The smallest absolute Gasteiger partial charge is 0.222 e. The molecule has 5 nitrogen and oxygen atoms in total. The van der Waals surface area contributed by atoms with E-state index >= 15 is 0 Å². The van der Waals surface area contributed by atoms with E-state index in [1.165, 1.54) is 0 Å². The summed E-state index contributed by atoms with van der Waals surface area (Å²) in [7, 11) is 1.87. The van der Waals surface area contributed by atoms with Gasteiger partial charge in [-0.05, 0) is 15.9 Å². The van der Waals surface area contributed by atoms with Gasteiger partial charge in [-0.25, -0.2) is 0 Å². The van der Waals surface area contributed by atoms with Gasteiger partial charge in [0.05, 0.1) is 22.3 Å². The van der Waals surface area contributed by atoms with Crippen LogP contribution >= 0.6 is 15.9 Å². The van der Waals surface area contributed by atoms with Crippen molar-refractivity contribution in [2.45, 2.75) is 5.92 Å². The first kappa shape index (κ1) is 10.6. The number of aryl methyl sites for hydroxylation is 1. The molecule has 0 aromatic carbocycles. The van der Waals surface area contributed by atoms with Crippen molar-refractivity contribution >= 4 is 21.8 Å². The normalized spacial score (nSPS) is 25.7. The summed E-state index contributed by atoms with van der Waals surface area (Å²) in [6.07, 6.45) is 1.74. The van der Waals surface area contributed by atoms with Crippen LogP contribution in [0.4, 0.5) is 0 Å². The van der Waals surface area contributed by atoms with Gasteiger partial charge in [0, 0.05) is 26.1 Å². The average molecular weight is 273 g/mol. The first-order chi connectivity index (χ1) is 7.11. The summed E-state index contributed by atoms with van der Waals surface area (Å²) in [5.41, 5.74) is 6.40. The molecule has 1 saturated heterocycles. The fourth-order valence-electron chi connectivity index (χ4n) is 2.10. The number of primary amides is 1. The maximum atomic E-state index is 11.3. The lowest BCUT2D eigenvalue weighted by molar-refractivity contribution is -0.121. The van der Waals surface area contributed by atoms with E-state index in [2.05, 4.69) is 26.3 Å². The van der Waals surface area contributed by atoms with Crippen LogP contribution in [-0.4, -0.2) is 28.8 Å². The minimum absolute atomic E-state index is 0.115. The lowest BCUT2D eigenvalue weighted by Gasteiger charge is -2.16. The van der Waals surface area contributed by atoms with Crippen LogP contribution in [0.15, 0.2) is 10.7 Å². The Morgan fingerprint density at radius 1 is 1.73 bits per heavy atom. The van der Waals surface area contributed by atoms with Crippen LogP contribution < -0.4 is 11.1 Å². The highest BCUT2D eigenvalue weighted by Crippen LogP contribution is 2.32. The van der Waals surface area contributed by atoms with Gasteiger partial charge >= 0.3 is 0 Å². The van der Waals surface area contributed by atoms with Crippen molar-refractivity contribution in [2.24, 2.45) is 18.7 Å². The summed E-state index contributed by atoms with van der Waals surface area (Å²) in [5.74, 6) is -0.279. The predicted octanol–water partition coefficient (Wildman–Crippen LogP) is -0.0291. The number of hydrogen-bond acceptors (Lipinski definition) is 3. The minimum atomic E-state index is -0.252. The van der Waals surface area contributed by atoms with E-state index in [1.807, 2.05) is 7.05 Å². The van der Waals surface area contributed by atoms with E-state index in [-0.39, 0.29) is 17.7 Å². The Labute approximate surface area is 96.1 Å². The van der Waals surface area contributed by atoms with Gasteiger partial charge in [0.15, 0.2) is 0 Å². The van der Waals surface area contributed by atoms with Gasteiger partial charge in [0.2, 0.25) is 5.91 Å². The molecule has 6 heteroatoms. The van der Waals surface area contributed by atoms with Crippen LogP contribution in [-0.2, 0) is 11.8 Å². The zero-order chi connectivity index (χ0) is 11.0. The number of halogens is 1. The molecular weight excluding hydrogens is 260 g/mol. The zero-order valence-electron chi connectivity index (χ0n) is 8.40. The van der Waals surface area contributed by atoms with Crippen LogP contribution in [0.3, 0.4) is 0 Å². The lowest BCUT2D eigenvalue weighted by Crippen LogP contribution is -2.29. The topological polar surface area (TPSA) is 72.9 Å². The Hall–Kier alpha value is -0.880. The van der Waals surface area contributed by atoms with Crippen molar-refractivity contribution in [1.82, 2.24) is 15.1 Å². The first-order valence-electron chi connectivity index (χ1n) is 4.78. The summed E-state index contributed by atoms with van der Waals surface area (Å²) in [5, 5.41) is 7.33. The Balaban J connectivity index is 2.34. The fraction of sp³-hybridized carbons (Fsp3) is 0.556. The van der Waals surface area contributed by atoms with Crippen LogP contribution in [0, 0.1) is 5.92 Å². The molecule has 1 fully saturated rings. The van der Waals surface area contributed by atoms with Gasteiger partial charge in [-0.1, -0.05) is 0 Å². The van der Waals surface area contributed by atoms with Crippen molar-refractivity contribution in [1.29, 1.82) is 0 Å². The Kier molecular flexibility index (Phi) is 2.79. The van der Waals surface area contributed by atoms with E-state index < -0.39 is 0 Å². The van der Waals surface area contributed by atoms with Gasteiger partial charge in [0.1, 0.15) is 0 Å². The number of carbonyl (C=O) groups excluding carboxylic acids is 1. The van der Waals surface area contributed by atoms with Gasteiger partial charge in [-0.2, -0.15) is 5.10 Å². The monoisotopic (exact) mass is 272 g/mol. The molecule has 2 unspecified atom stereocenters. The molecule has 1 aromatic rings. The minimum Gasteiger partial charge on any atom is -0.369 e. The van der Waals surface area contributed by atoms with Gasteiger partial charge in [-0.3, -0.25) is 9.48 Å². The van der Waals surface area contributed by atoms with Crippen molar-refractivity contribution in [2.75, 3.05) is 13.1 Å². The molecule has 2 atom stereocenters. The number of rotatable bonds is 2. The molecule has 0 radical (unpaired) electrons. The van der Waals surface area contributed by atoms with Crippen molar-refractivity contribution in [3.8, 4) is 0 Å². The largest absolute Gasteiger partial charge is 0.369 e. The predicted molar refractivity (Wildman–Crippen MR) is 59.2 cm³/mol. The van der Waals surface area contributed by atoms with Crippen molar-refractivity contribution in [3.05, 3.63) is 16.4 Å². The zero-order valence-corrected chi connectivity index (χ0v) is 9.99. The fourth-order valence-corrected chi connectivity index (χ4v) is 2.74. The molecule has 0 bridgehead atoms. The number of nitrogens with one attached hydrogen (secondary N) is 1. The highest BCUT2D eigenvalue weighted by molar-refractivity contribution is 9.10. The summed E-state index contributed by atoms with van der Waals surface area (Å²) in [4.78, 5) is 11.3. The maximum Gasteiger partial charge on any atom is 0.222 e. The van der Waals surface area contributed by atoms with Gasteiger partial charge in [0.25, 0.3) is 0 Å². The molecule has 1 aromatic heterocycles. The van der Waals surface area contributed by atoms with E-state index in [9.17, 15) is 4.79 Å². The average Bonchev–Trinajstić information content (AvgIpc) is 2.73. The Morgan fingerprint density at radius 3 is 3.00 bits per heavy atom. The molecule has 2 rings (SSSR count). The van der Waals surface area contributed by atoms with Gasteiger partial charge < -0.3 is 11.1 Å². The third-order valence-corrected chi connectivity index (χ3v) is 3.48. The number of amides is 1. The second-order valence-electron chi connectivity index (χ2n) is 3.77. The van der Waals surface area contributed by atoms with E-state index in [0.29, 0.717) is 6.54 Å². The van der Waals surface area contributed by atoms with Crippen LogP contribution in [0.2, 0.25) is 0 Å². The molecule has 1 amide bonds. The first-order valence-corrected chi connectivity index (χ1v) is 5.58. The molecule has 1 aliphatic rings. The molecular formula is C9H13BrN4O. The summed E-state index contributed by atoms with van der Waals surface area (Å²) < 4.78 is 2.72. The Morgan fingerprint density at radius 2 is 2.47 bits per heavy atom. The highest BCUT2D eigenvalue weighted by Gasteiger charge is 2.35. The summed E-state index contributed by atoms with van der Waals surface area (Å²) >= 11 is 3.44. The second-order valence-corrected chi connectivity index (χ2v) is 4.63. The van der Waals surface area contributed by atoms with E-state index in [0.717, 1.165) is 16.7 Å². The molecule has 0 spiro atoms. The van der Waals surface area contributed by atoms with Crippen LogP contribution in [0.5, 0.6) is 0 Å². The summed E-state index contributed by atoms with van der Waals surface area (Å²) in [6, 6.07) is 0. The number of nitrogens with two attached hydrogens (primary N) is 1. The SMILES string of the molecule is Cn1ncc(Br)c1C1CNCC1C(N)=O. The summed E-state index contributed by atoms with van der Waals surface area (Å²) in [6.45, 7) is 1.42. The van der Waals surface area contributed by atoms with Crippen molar-refractivity contribution < 1.29 is 4.79 Å². The highest BCUT2D eigenvalue weighted by atomic mass is 79.9. The third kappa shape index (κ3) is 1.79. The molecule has 0 saturated carbocycles. The van der Waals surface area contributed by atoms with Gasteiger partial charge in [-0.15, -0.1) is 0 Å². The number of carbonyl (C=O) groups is 1. The van der Waals surface area contributed by atoms with Crippen LogP contribution in [0.1, 0.15) is 11.6 Å². The Bertz CT molecular complexity index is 370. The molecule has 15 heavy (non-hydrogen) atoms. The molecule has 0 aliphatic carbocycles. The second kappa shape index (κ2) is 3.94. The molecule has 1 aliphatic heterocycles. The lowest BCUT2D eigenvalue weighted by atomic mass is 9.92. The third-order valence-electron chi connectivity index (χ3n) is 2.87. The number of hydrogen-bond donors (Lipinski definition) is 2. The van der Waals surface area contributed by atoms with Crippen LogP contribution in [0.25, 0.3) is 0 Å².